The molecule has 0 radical (unpaired) electrons. The Morgan fingerprint density at radius 2 is 2.04 bits per heavy atom. The maximum Gasteiger partial charge on any atom is 0.230 e. The van der Waals surface area contributed by atoms with Crippen molar-refractivity contribution < 1.29 is 18.4 Å². The van der Waals surface area contributed by atoms with Crippen molar-refractivity contribution in [2.75, 3.05) is 12.9 Å². The topological polar surface area (TPSA) is 64.4 Å². The van der Waals surface area contributed by atoms with Crippen LogP contribution in [0.2, 0.25) is 0 Å². The average molecular weight is 372 g/mol. The van der Waals surface area contributed by atoms with Crippen LogP contribution in [0.1, 0.15) is 5.69 Å². The zero-order valence-electron chi connectivity index (χ0n) is 14.1. The van der Waals surface area contributed by atoms with Crippen LogP contribution < -0.4 is 10.1 Å². The molecule has 3 rings (SSSR count). The molecule has 0 aliphatic rings. The van der Waals surface area contributed by atoms with Crippen LogP contribution in [0.5, 0.6) is 5.75 Å². The van der Waals surface area contributed by atoms with Crippen molar-refractivity contribution in [3.8, 4) is 17.1 Å². The fraction of sp³-hybridized carbons (Fsp3) is 0.158. The van der Waals surface area contributed by atoms with Crippen molar-refractivity contribution in [2.45, 2.75) is 11.4 Å². The molecular weight excluding hydrogens is 355 g/mol. The molecule has 0 spiro atoms. The normalized spacial score (nSPS) is 10.5. The molecule has 2 aromatic carbocycles. The first-order chi connectivity index (χ1) is 12.6. The number of hydrogen-bond donors (Lipinski definition) is 1. The van der Waals surface area contributed by atoms with Crippen LogP contribution in [0, 0.1) is 5.82 Å². The number of methoxy groups -OCH3 is 1. The third-order valence-electron chi connectivity index (χ3n) is 3.56. The van der Waals surface area contributed by atoms with Crippen molar-refractivity contribution in [1.29, 1.82) is 0 Å². The van der Waals surface area contributed by atoms with Crippen molar-refractivity contribution in [3.63, 3.8) is 0 Å². The van der Waals surface area contributed by atoms with Crippen LogP contribution in [0.3, 0.4) is 0 Å². The maximum absolute atomic E-state index is 12.8. The predicted octanol–water partition coefficient (Wildman–Crippen LogP) is 3.90. The third kappa shape index (κ3) is 4.86. The van der Waals surface area contributed by atoms with Crippen LogP contribution in [0.4, 0.5) is 4.39 Å². The fourth-order valence-corrected chi connectivity index (χ4v) is 2.96. The summed E-state index contributed by atoms with van der Waals surface area (Å²) >= 11 is 1.34. The minimum atomic E-state index is -0.295. The van der Waals surface area contributed by atoms with E-state index in [4.69, 9.17) is 9.26 Å². The van der Waals surface area contributed by atoms with Gasteiger partial charge in [-0.25, -0.2) is 4.39 Å². The number of nitrogens with one attached hydrogen (secondary N) is 1. The number of ether oxygens (including phenoxy) is 1. The largest absolute Gasteiger partial charge is 0.497 e. The summed E-state index contributed by atoms with van der Waals surface area (Å²) in [7, 11) is 1.60. The van der Waals surface area contributed by atoms with E-state index in [0.717, 1.165) is 16.2 Å². The van der Waals surface area contributed by atoms with Gasteiger partial charge >= 0.3 is 0 Å². The lowest BCUT2D eigenvalue weighted by atomic mass is 10.1. The number of aromatic nitrogens is 1. The highest BCUT2D eigenvalue weighted by Gasteiger charge is 2.09. The van der Waals surface area contributed by atoms with Gasteiger partial charge in [0.25, 0.3) is 0 Å². The summed E-state index contributed by atoms with van der Waals surface area (Å²) in [5.41, 5.74) is 1.48. The monoisotopic (exact) mass is 372 g/mol. The van der Waals surface area contributed by atoms with Crippen LogP contribution in [-0.2, 0) is 11.3 Å². The van der Waals surface area contributed by atoms with Gasteiger partial charge in [0.15, 0.2) is 5.76 Å². The summed E-state index contributed by atoms with van der Waals surface area (Å²) < 4.78 is 23.4. The predicted molar refractivity (Wildman–Crippen MR) is 97.5 cm³/mol. The van der Waals surface area contributed by atoms with Gasteiger partial charge in [-0.15, -0.1) is 11.8 Å². The molecule has 3 aromatic rings. The molecule has 0 bridgehead atoms. The number of amides is 1. The van der Waals surface area contributed by atoms with Crippen LogP contribution in [0.25, 0.3) is 11.3 Å². The maximum atomic E-state index is 12.8. The molecule has 0 fully saturated rings. The molecule has 26 heavy (non-hydrogen) atoms. The van der Waals surface area contributed by atoms with E-state index in [-0.39, 0.29) is 24.0 Å². The summed E-state index contributed by atoms with van der Waals surface area (Å²) in [5, 5.41) is 6.76. The van der Waals surface area contributed by atoms with Gasteiger partial charge in [-0.05, 0) is 36.4 Å². The molecule has 1 aromatic heterocycles. The zero-order chi connectivity index (χ0) is 18.4. The minimum absolute atomic E-state index is 0.134. The Morgan fingerprint density at radius 1 is 1.23 bits per heavy atom. The Balaban J connectivity index is 1.51. The van der Waals surface area contributed by atoms with Crippen molar-refractivity contribution >= 4 is 17.7 Å². The second-order valence-electron chi connectivity index (χ2n) is 5.43. The molecule has 0 aliphatic heterocycles. The van der Waals surface area contributed by atoms with Gasteiger partial charge < -0.3 is 14.6 Å². The second kappa shape index (κ2) is 8.53. The van der Waals surface area contributed by atoms with E-state index in [9.17, 15) is 9.18 Å². The van der Waals surface area contributed by atoms with E-state index in [1.165, 1.54) is 23.9 Å². The van der Waals surface area contributed by atoms with Gasteiger partial charge in [0, 0.05) is 16.5 Å². The lowest BCUT2D eigenvalue weighted by Gasteiger charge is -2.03. The Bertz CT molecular complexity index is 881. The average Bonchev–Trinajstić information content (AvgIpc) is 3.15. The first kappa shape index (κ1) is 18.0. The van der Waals surface area contributed by atoms with E-state index >= 15 is 0 Å². The lowest BCUT2D eigenvalue weighted by Crippen LogP contribution is -2.24. The molecule has 7 heteroatoms. The molecule has 134 valence electrons. The number of thioether (sulfide) groups is 1. The van der Waals surface area contributed by atoms with Crippen molar-refractivity contribution in [2.24, 2.45) is 0 Å². The molecule has 0 saturated carbocycles. The van der Waals surface area contributed by atoms with Gasteiger partial charge in [0.05, 0.1) is 19.4 Å². The fourth-order valence-electron chi connectivity index (χ4n) is 2.23. The second-order valence-corrected chi connectivity index (χ2v) is 6.48. The highest BCUT2D eigenvalue weighted by atomic mass is 32.2. The van der Waals surface area contributed by atoms with Gasteiger partial charge in [0.2, 0.25) is 5.91 Å². The third-order valence-corrected chi connectivity index (χ3v) is 4.58. The molecule has 1 amide bonds. The lowest BCUT2D eigenvalue weighted by molar-refractivity contribution is -0.118. The van der Waals surface area contributed by atoms with E-state index in [1.807, 2.05) is 24.3 Å². The summed E-state index contributed by atoms with van der Waals surface area (Å²) in [4.78, 5) is 12.8. The van der Waals surface area contributed by atoms with E-state index in [0.29, 0.717) is 11.5 Å². The van der Waals surface area contributed by atoms with Gasteiger partial charge in [0.1, 0.15) is 17.3 Å². The highest BCUT2D eigenvalue weighted by molar-refractivity contribution is 8.00. The standard InChI is InChI=1S/C19H17FN2O3S/c1-24-16-4-2-3-13(9-16)18-10-15(22-25-18)11-21-19(23)12-26-17-7-5-14(20)6-8-17/h2-10H,11-12H2,1H3,(H,21,23). The summed E-state index contributed by atoms with van der Waals surface area (Å²) in [5.74, 6) is 1.15. The van der Waals surface area contributed by atoms with E-state index < -0.39 is 0 Å². The van der Waals surface area contributed by atoms with Crippen molar-refractivity contribution in [3.05, 3.63) is 66.1 Å². The SMILES string of the molecule is COc1cccc(-c2cc(CNC(=O)CSc3ccc(F)cc3)no2)c1. The smallest absolute Gasteiger partial charge is 0.230 e. The number of halogens is 1. The van der Waals surface area contributed by atoms with Gasteiger partial charge in [-0.2, -0.15) is 0 Å². The zero-order valence-corrected chi connectivity index (χ0v) is 14.9. The number of carbonyl (C=O) groups excluding carboxylic acids is 1. The Kier molecular flexibility index (Phi) is 5.91. The van der Waals surface area contributed by atoms with Gasteiger partial charge in [-0.1, -0.05) is 17.3 Å². The number of benzene rings is 2. The summed E-state index contributed by atoms with van der Waals surface area (Å²) in [6.07, 6.45) is 0. The molecule has 1 N–H and O–H groups in total. The first-order valence-corrected chi connectivity index (χ1v) is 8.87. The number of carbonyl (C=O) groups is 1. The minimum Gasteiger partial charge on any atom is -0.497 e. The first-order valence-electron chi connectivity index (χ1n) is 7.89. The number of hydrogen-bond acceptors (Lipinski definition) is 5. The molecule has 0 atom stereocenters. The number of rotatable bonds is 7. The van der Waals surface area contributed by atoms with Crippen molar-refractivity contribution in [1.82, 2.24) is 10.5 Å². The van der Waals surface area contributed by atoms with Crippen LogP contribution in [-0.4, -0.2) is 23.9 Å². The molecule has 0 unspecified atom stereocenters. The Morgan fingerprint density at radius 3 is 2.81 bits per heavy atom. The molecular formula is C19H17FN2O3S. The molecule has 0 saturated heterocycles. The molecule has 0 aliphatic carbocycles. The highest BCUT2D eigenvalue weighted by Crippen LogP contribution is 2.24. The van der Waals surface area contributed by atoms with E-state index in [2.05, 4.69) is 10.5 Å². The summed E-state index contributed by atoms with van der Waals surface area (Å²) in [6, 6.07) is 15.3. The quantitative estimate of drug-likeness (QED) is 0.637. The number of nitrogens with zero attached hydrogens (tertiary/aromatic N) is 1. The van der Waals surface area contributed by atoms with Gasteiger partial charge in [-0.3, -0.25) is 4.79 Å². The summed E-state index contributed by atoms with van der Waals surface area (Å²) in [6.45, 7) is 0.274. The van der Waals surface area contributed by atoms with Crippen LogP contribution in [0.15, 0.2) is 64.0 Å². The Hall–Kier alpha value is -2.80. The molecule has 5 nitrogen and oxygen atoms in total. The van der Waals surface area contributed by atoms with E-state index in [1.54, 1.807) is 25.3 Å². The molecule has 1 heterocycles. The van der Waals surface area contributed by atoms with Crippen LogP contribution >= 0.6 is 11.8 Å². The Labute approximate surface area is 154 Å².